The number of aromatic nitrogens is 1. The average molecular weight is 405 g/mol. The van der Waals surface area contributed by atoms with Crippen molar-refractivity contribution in [3.63, 3.8) is 0 Å². The van der Waals surface area contributed by atoms with Crippen LogP contribution in [0, 0.1) is 10.2 Å². The second-order valence-corrected chi connectivity index (χ2v) is 10.1. The maximum Gasteiger partial charge on any atom is 0.162 e. The molecule has 1 N–H and O–H groups in total. The first-order chi connectivity index (χ1) is 13.3. The van der Waals surface area contributed by atoms with Gasteiger partial charge in [-0.25, -0.2) is 13.3 Å². The van der Waals surface area contributed by atoms with Crippen molar-refractivity contribution in [2.45, 2.75) is 19.3 Å². The fourth-order valence-electron chi connectivity index (χ4n) is 4.56. The second kappa shape index (κ2) is 7.08. The molecule has 2 fully saturated rings. The minimum absolute atomic E-state index is 0.194. The summed E-state index contributed by atoms with van der Waals surface area (Å²) in [5.74, 6) is 1.39. The maximum absolute atomic E-state index is 12.1. The van der Waals surface area contributed by atoms with Gasteiger partial charge < -0.3 is 14.4 Å². The van der Waals surface area contributed by atoms with Crippen LogP contribution < -0.4 is 14.4 Å². The van der Waals surface area contributed by atoms with Crippen LogP contribution in [0.5, 0.6) is 11.5 Å². The van der Waals surface area contributed by atoms with Gasteiger partial charge in [0.05, 0.1) is 19.7 Å². The Morgan fingerprint density at radius 3 is 2.36 bits per heavy atom. The molecule has 0 amide bonds. The number of benzene rings is 1. The van der Waals surface area contributed by atoms with Gasteiger partial charge in [-0.05, 0) is 36.8 Å². The van der Waals surface area contributed by atoms with E-state index in [1.165, 1.54) is 6.26 Å². The molecule has 152 valence electrons. The van der Waals surface area contributed by atoms with Crippen molar-refractivity contribution in [1.82, 2.24) is 9.29 Å². The third-order valence-electron chi connectivity index (χ3n) is 6.28. The number of anilines is 1. The second-order valence-electron chi connectivity index (χ2n) is 7.96. The molecule has 8 heteroatoms. The summed E-state index contributed by atoms with van der Waals surface area (Å²) < 4.78 is 32.8. The number of hydrogen-bond acceptors (Lipinski definition) is 6. The van der Waals surface area contributed by atoms with E-state index in [0.717, 1.165) is 62.0 Å². The zero-order chi connectivity index (χ0) is 19.9. The third-order valence-corrected chi connectivity index (χ3v) is 7.58. The van der Waals surface area contributed by atoms with Gasteiger partial charge in [0, 0.05) is 55.8 Å². The Morgan fingerprint density at radius 1 is 1.11 bits per heavy atom. The number of pyridine rings is 1. The Labute approximate surface area is 166 Å². The number of nitrogens with one attached hydrogen (secondary N) is 1. The summed E-state index contributed by atoms with van der Waals surface area (Å²) >= 11 is 0. The summed E-state index contributed by atoms with van der Waals surface area (Å²) in [7, 11) is 0.679. The van der Waals surface area contributed by atoms with Crippen LogP contribution in [-0.2, 0) is 9.92 Å². The van der Waals surface area contributed by atoms with Crippen molar-refractivity contribution in [3.05, 3.63) is 24.4 Å². The van der Waals surface area contributed by atoms with Crippen LogP contribution in [0.25, 0.3) is 10.9 Å². The molecule has 1 atom stereocenters. The number of hydrogen-bond donors (Lipinski definition) is 1. The largest absolute Gasteiger partial charge is 0.493 e. The lowest BCUT2D eigenvalue weighted by Crippen LogP contribution is -2.42. The molecule has 0 aliphatic carbocycles. The molecule has 2 aromatic rings. The van der Waals surface area contributed by atoms with Gasteiger partial charge in [-0.2, -0.15) is 0 Å². The highest BCUT2D eigenvalue weighted by Gasteiger charge is 2.42. The minimum Gasteiger partial charge on any atom is -0.493 e. The van der Waals surface area contributed by atoms with Crippen LogP contribution in [0.1, 0.15) is 19.3 Å². The van der Waals surface area contributed by atoms with Crippen LogP contribution in [-0.4, -0.2) is 60.2 Å². The molecule has 7 nitrogen and oxygen atoms in total. The monoisotopic (exact) mass is 404 g/mol. The highest BCUT2D eigenvalue weighted by Crippen LogP contribution is 2.43. The number of ether oxygens (including phenoxy) is 2. The van der Waals surface area contributed by atoms with E-state index in [1.807, 2.05) is 22.6 Å². The third kappa shape index (κ3) is 3.39. The Hall–Kier alpha value is -2.06. The predicted molar refractivity (Wildman–Crippen MR) is 112 cm³/mol. The molecule has 2 aliphatic heterocycles. The molecule has 0 unspecified atom stereocenters. The molecule has 0 radical (unpaired) electrons. The van der Waals surface area contributed by atoms with Gasteiger partial charge in [0.1, 0.15) is 9.92 Å². The van der Waals surface area contributed by atoms with Crippen LogP contribution in [0.2, 0.25) is 0 Å². The standard InChI is InChI=1S/C20H28N4O3S/c1-26-18-12-15-16(13-19(18)27-2)22-8-4-17(15)23-9-5-20(6-10-23)7-11-24(14-20)28(3,21)25/h4,8,12-13,21H,5-7,9-11,14H2,1-3H3/t28-/m1/s1. The van der Waals surface area contributed by atoms with E-state index < -0.39 is 9.92 Å². The lowest BCUT2D eigenvalue weighted by atomic mass is 9.77. The van der Waals surface area contributed by atoms with Gasteiger partial charge in [0.15, 0.2) is 11.5 Å². The van der Waals surface area contributed by atoms with E-state index in [4.69, 9.17) is 14.3 Å². The highest BCUT2D eigenvalue weighted by atomic mass is 32.2. The van der Waals surface area contributed by atoms with Crippen molar-refractivity contribution in [2.75, 3.05) is 51.6 Å². The molecule has 3 heterocycles. The molecule has 0 saturated carbocycles. The van der Waals surface area contributed by atoms with Crippen molar-refractivity contribution in [3.8, 4) is 11.5 Å². The minimum atomic E-state index is -2.60. The molecule has 0 bridgehead atoms. The van der Waals surface area contributed by atoms with Gasteiger partial charge in [0.25, 0.3) is 0 Å². The van der Waals surface area contributed by atoms with Crippen molar-refractivity contribution < 1.29 is 13.7 Å². The van der Waals surface area contributed by atoms with Gasteiger partial charge in [-0.3, -0.25) is 4.98 Å². The molecular weight excluding hydrogens is 376 g/mol. The predicted octanol–water partition coefficient (Wildman–Crippen LogP) is 3.14. The van der Waals surface area contributed by atoms with E-state index in [2.05, 4.69) is 16.0 Å². The van der Waals surface area contributed by atoms with Crippen LogP contribution in [0.4, 0.5) is 5.69 Å². The first kappa shape index (κ1) is 19.3. The summed E-state index contributed by atoms with van der Waals surface area (Å²) in [6.45, 7) is 3.45. The molecule has 1 aromatic heterocycles. The molecule has 1 spiro atoms. The molecule has 2 saturated heterocycles. The number of methoxy groups -OCH3 is 2. The molecule has 4 rings (SSSR count). The van der Waals surface area contributed by atoms with Crippen LogP contribution >= 0.6 is 0 Å². The Morgan fingerprint density at radius 2 is 1.75 bits per heavy atom. The Balaban J connectivity index is 1.58. The molecule has 2 aliphatic rings. The lowest BCUT2D eigenvalue weighted by molar-refractivity contribution is 0.236. The summed E-state index contributed by atoms with van der Waals surface area (Å²) in [6.07, 6.45) is 6.52. The van der Waals surface area contributed by atoms with Crippen molar-refractivity contribution in [2.24, 2.45) is 5.41 Å². The van der Waals surface area contributed by atoms with Gasteiger partial charge in [-0.1, -0.05) is 0 Å². The summed E-state index contributed by atoms with van der Waals surface area (Å²) in [5, 5.41) is 1.06. The van der Waals surface area contributed by atoms with Crippen molar-refractivity contribution >= 4 is 26.5 Å². The zero-order valence-electron chi connectivity index (χ0n) is 16.7. The first-order valence-electron chi connectivity index (χ1n) is 9.60. The van der Waals surface area contributed by atoms with Crippen molar-refractivity contribution in [1.29, 1.82) is 4.78 Å². The average Bonchev–Trinajstić information content (AvgIpc) is 3.11. The lowest BCUT2D eigenvalue weighted by Gasteiger charge is -2.40. The Kier molecular flexibility index (Phi) is 4.87. The maximum atomic E-state index is 12.1. The first-order valence-corrected chi connectivity index (χ1v) is 11.5. The normalized spacial score (nSPS) is 21.8. The van der Waals surface area contributed by atoms with Crippen LogP contribution in [0.15, 0.2) is 24.4 Å². The van der Waals surface area contributed by atoms with Crippen LogP contribution in [0.3, 0.4) is 0 Å². The fourth-order valence-corrected chi connectivity index (χ4v) is 5.52. The van der Waals surface area contributed by atoms with E-state index in [1.54, 1.807) is 14.2 Å². The summed E-state index contributed by atoms with van der Waals surface area (Å²) in [4.78, 5) is 6.92. The van der Waals surface area contributed by atoms with Gasteiger partial charge in [-0.15, -0.1) is 0 Å². The van der Waals surface area contributed by atoms with Gasteiger partial charge in [0.2, 0.25) is 0 Å². The molecule has 1 aromatic carbocycles. The van der Waals surface area contributed by atoms with E-state index >= 15 is 0 Å². The fraction of sp³-hybridized carbons (Fsp3) is 0.550. The number of piperidine rings is 1. The number of nitrogens with zero attached hydrogens (tertiary/aromatic N) is 3. The number of fused-ring (bicyclic) bond motifs is 1. The Bertz CT molecular complexity index is 984. The smallest absolute Gasteiger partial charge is 0.162 e. The highest BCUT2D eigenvalue weighted by molar-refractivity contribution is 7.89. The zero-order valence-corrected chi connectivity index (χ0v) is 17.6. The van der Waals surface area contributed by atoms with E-state index in [9.17, 15) is 4.21 Å². The summed E-state index contributed by atoms with van der Waals surface area (Å²) in [6, 6.07) is 5.99. The molecular formula is C20H28N4O3S. The summed E-state index contributed by atoms with van der Waals surface area (Å²) in [5.41, 5.74) is 2.25. The number of rotatable bonds is 4. The quantitative estimate of drug-likeness (QED) is 0.847. The topological polar surface area (TPSA) is 78.8 Å². The SMILES string of the molecule is COc1cc2nccc(N3CCC4(CC3)CCN([S@@](C)(=N)=O)C4)c2cc1OC. The van der Waals surface area contributed by atoms with E-state index in [-0.39, 0.29) is 5.41 Å². The van der Waals surface area contributed by atoms with Gasteiger partial charge >= 0.3 is 0 Å². The molecule has 28 heavy (non-hydrogen) atoms. The van der Waals surface area contributed by atoms with E-state index in [0.29, 0.717) is 11.5 Å².